The number of para-hydroxylation sites is 1. The fraction of sp³-hybridized carbons (Fsp3) is 0.261. The van der Waals surface area contributed by atoms with E-state index >= 15 is 0 Å². The molecule has 7 nitrogen and oxygen atoms in total. The largest absolute Gasteiger partial charge is 0.336 e. The molecule has 2 aromatic heterocycles. The highest BCUT2D eigenvalue weighted by molar-refractivity contribution is 6.31. The van der Waals surface area contributed by atoms with E-state index in [4.69, 9.17) is 11.6 Å². The molecule has 1 atom stereocenters. The van der Waals surface area contributed by atoms with Crippen LogP contribution in [0.15, 0.2) is 60.8 Å². The summed E-state index contributed by atoms with van der Waals surface area (Å²) < 4.78 is 1.84. The zero-order valence-corrected chi connectivity index (χ0v) is 17.8. The van der Waals surface area contributed by atoms with Gasteiger partial charge >= 0.3 is 6.03 Å². The summed E-state index contributed by atoms with van der Waals surface area (Å²) in [6.07, 6.45) is 7.91. The Hall–Kier alpha value is -3.32. The number of carbonyl (C=O) groups is 2. The molecule has 31 heavy (non-hydrogen) atoms. The van der Waals surface area contributed by atoms with Crippen molar-refractivity contribution in [1.29, 1.82) is 0 Å². The van der Waals surface area contributed by atoms with E-state index in [1.54, 1.807) is 6.08 Å². The number of pyridine rings is 1. The third-order valence-corrected chi connectivity index (χ3v) is 5.62. The molecule has 1 aromatic carbocycles. The molecule has 3 aromatic rings. The van der Waals surface area contributed by atoms with E-state index in [1.807, 2.05) is 64.0 Å². The summed E-state index contributed by atoms with van der Waals surface area (Å²) in [7, 11) is 0. The van der Waals surface area contributed by atoms with Crippen LogP contribution in [-0.4, -0.2) is 45.4 Å². The standard InChI is InChI=1S/C23H24ClN5O2/c24-22-19(29-15-7-5-11-20(29)27-22)12-13-21(30)28-14-6-4-10-18(28)16-25-23(31)26-17-8-2-1-3-9-17/h1-3,5,7-9,11-13,15,18H,4,6,10,14,16H2,(H2,25,26,31). The maximum absolute atomic E-state index is 12.9. The molecule has 2 N–H and O–H groups in total. The average molecular weight is 438 g/mol. The van der Waals surface area contributed by atoms with Gasteiger partial charge in [-0.05, 0) is 49.6 Å². The zero-order chi connectivity index (χ0) is 21.6. The second kappa shape index (κ2) is 9.66. The molecule has 0 bridgehead atoms. The Morgan fingerprint density at radius 1 is 1.13 bits per heavy atom. The second-order valence-corrected chi connectivity index (χ2v) is 7.79. The van der Waals surface area contributed by atoms with Crippen molar-refractivity contribution in [2.45, 2.75) is 25.3 Å². The number of nitrogens with zero attached hydrogens (tertiary/aromatic N) is 3. The number of aromatic nitrogens is 2. The predicted molar refractivity (Wildman–Crippen MR) is 122 cm³/mol. The molecule has 1 fully saturated rings. The summed E-state index contributed by atoms with van der Waals surface area (Å²) >= 11 is 6.25. The molecular formula is C23H24ClN5O2. The fourth-order valence-corrected chi connectivity index (χ4v) is 4.03. The van der Waals surface area contributed by atoms with Crippen molar-refractivity contribution in [3.05, 3.63) is 71.7 Å². The molecule has 3 amide bonds. The SMILES string of the molecule is O=C(NCC1CCCCN1C(=O)C=Cc1c(Cl)nc2ccccn12)Nc1ccccc1. The Balaban J connectivity index is 1.39. The van der Waals surface area contributed by atoms with E-state index in [1.165, 1.54) is 6.08 Å². The van der Waals surface area contributed by atoms with Gasteiger partial charge < -0.3 is 15.5 Å². The van der Waals surface area contributed by atoms with Gasteiger partial charge in [0, 0.05) is 37.1 Å². The highest BCUT2D eigenvalue weighted by Gasteiger charge is 2.25. The van der Waals surface area contributed by atoms with Crippen molar-refractivity contribution in [2.75, 3.05) is 18.4 Å². The molecule has 0 spiro atoms. The molecule has 1 saturated heterocycles. The molecule has 4 rings (SSSR count). The minimum atomic E-state index is -0.280. The van der Waals surface area contributed by atoms with Crippen LogP contribution in [0.1, 0.15) is 25.0 Å². The average Bonchev–Trinajstić information content (AvgIpc) is 3.12. The van der Waals surface area contributed by atoms with Crippen molar-refractivity contribution < 1.29 is 9.59 Å². The number of nitrogens with one attached hydrogen (secondary N) is 2. The van der Waals surface area contributed by atoms with Gasteiger partial charge in [0.15, 0.2) is 5.15 Å². The van der Waals surface area contributed by atoms with Crippen LogP contribution in [0.2, 0.25) is 5.15 Å². The van der Waals surface area contributed by atoms with E-state index < -0.39 is 0 Å². The van der Waals surface area contributed by atoms with Crippen LogP contribution in [0.3, 0.4) is 0 Å². The van der Waals surface area contributed by atoms with Gasteiger partial charge in [0.05, 0.1) is 5.69 Å². The number of halogens is 1. The molecule has 1 unspecified atom stereocenters. The van der Waals surface area contributed by atoms with E-state index in [2.05, 4.69) is 15.6 Å². The van der Waals surface area contributed by atoms with Crippen molar-refractivity contribution >= 4 is 40.9 Å². The lowest BCUT2D eigenvalue weighted by molar-refractivity contribution is -0.129. The minimum absolute atomic E-state index is 0.0509. The van der Waals surface area contributed by atoms with Crippen LogP contribution >= 0.6 is 11.6 Å². The summed E-state index contributed by atoms with van der Waals surface area (Å²) in [4.78, 5) is 31.3. The fourth-order valence-electron chi connectivity index (χ4n) is 3.79. The van der Waals surface area contributed by atoms with Gasteiger partial charge in [-0.3, -0.25) is 9.20 Å². The van der Waals surface area contributed by atoms with Gasteiger partial charge in [0.2, 0.25) is 5.91 Å². The molecule has 1 aliphatic rings. The Morgan fingerprint density at radius 3 is 2.77 bits per heavy atom. The van der Waals surface area contributed by atoms with Gasteiger partial charge in [0.1, 0.15) is 5.65 Å². The molecule has 0 saturated carbocycles. The van der Waals surface area contributed by atoms with Gasteiger partial charge in [0.25, 0.3) is 0 Å². The number of benzene rings is 1. The van der Waals surface area contributed by atoms with Crippen LogP contribution in [0.4, 0.5) is 10.5 Å². The maximum Gasteiger partial charge on any atom is 0.319 e. The third-order valence-electron chi connectivity index (χ3n) is 5.35. The first kappa shape index (κ1) is 20.9. The quantitative estimate of drug-likeness (QED) is 0.587. The number of urea groups is 1. The van der Waals surface area contributed by atoms with E-state index in [0.717, 1.165) is 30.6 Å². The van der Waals surface area contributed by atoms with Gasteiger partial charge in [-0.1, -0.05) is 35.9 Å². The highest BCUT2D eigenvalue weighted by Crippen LogP contribution is 2.21. The maximum atomic E-state index is 12.9. The van der Waals surface area contributed by atoms with E-state index in [9.17, 15) is 9.59 Å². The number of rotatable bonds is 5. The number of carbonyl (C=O) groups excluding carboxylic acids is 2. The smallest absolute Gasteiger partial charge is 0.319 e. The molecular weight excluding hydrogens is 414 g/mol. The number of imidazole rings is 1. The molecule has 0 aliphatic carbocycles. The van der Waals surface area contributed by atoms with Crippen LogP contribution in [-0.2, 0) is 4.79 Å². The van der Waals surface area contributed by atoms with Crippen molar-refractivity contribution in [2.24, 2.45) is 0 Å². The van der Waals surface area contributed by atoms with E-state index in [0.29, 0.717) is 23.9 Å². The first-order valence-electron chi connectivity index (χ1n) is 10.3. The molecule has 8 heteroatoms. The van der Waals surface area contributed by atoms with Crippen molar-refractivity contribution in [1.82, 2.24) is 19.6 Å². The molecule has 3 heterocycles. The number of hydrogen-bond donors (Lipinski definition) is 2. The molecule has 1 aliphatic heterocycles. The third kappa shape index (κ3) is 5.06. The van der Waals surface area contributed by atoms with Crippen LogP contribution < -0.4 is 10.6 Å². The second-order valence-electron chi connectivity index (χ2n) is 7.43. The first-order valence-corrected chi connectivity index (χ1v) is 10.7. The predicted octanol–water partition coefficient (Wildman–Crippen LogP) is 4.20. The monoisotopic (exact) mass is 437 g/mol. The lowest BCUT2D eigenvalue weighted by Crippen LogP contribution is -2.49. The summed E-state index contributed by atoms with van der Waals surface area (Å²) in [6, 6.07) is 14.6. The van der Waals surface area contributed by atoms with Gasteiger partial charge in [-0.25, -0.2) is 9.78 Å². The summed E-state index contributed by atoms with van der Waals surface area (Å²) in [5.41, 5.74) is 2.12. The zero-order valence-electron chi connectivity index (χ0n) is 17.0. The number of amides is 3. The van der Waals surface area contributed by atoms with Gasteiger partial charge in [-0.15, -0.1) is 0 Å². The summed E-state index contributed by atoms with van der Waals surface area (Å²) in [5.74, 6) is -0.100. The van der Waals surface area contributed by atoms with Crippen LogP contribution in [0.25, 0.3) is 11.7 Å². The normalized spacial score (nSPS) is 16.5. The van der Waals surface area contributed by atoms with Crippen LogP contribution in [0.5, 0.6) is 0 Å². The Kier molecular flexibility index (Phi) is 6.52. The summed E-state index contributed by atoms with van der Waals surface area (Å²) in [6.45, 7) is 1.06. The Bertz CT molecular complexity index is 1100. The number of anilines is 1. The number of likely N-dealkylation sites (tertiary alicyclic amines) is 1. The lowest BCUT2D eigenvalue weighted by atomic mass is 10.0. The Morgan fingerprint density at radius 2 is 1.94 bits per heavy atom. The number of fused-ring (bicyclic) bond motifs is 1. The first-order chi connectivity index (χ1) is 15.1. The number of piperidine rings is 1. The van der Waals surface area contributed by atoms with Crippen molar-refractivity contribution in [3.63, 3.8) is 0 Å². The molecule has 0 radical (unpaired) electrons. The Labute approximate surface area is 185 Å². The minimum Gasteiger partial charge on any atom is -0.336 e. The topological polar surface area (TPSA) is 78.7 Å². The lowest BCUT2D eigenvalue weighted by Gasteiger charge is -2.35. The summed E-state index contributed by atoms with van der Waals surface area (Å²) in [5, 5.41) is 6.04. The van der Waals surface area contributed by atoms with Crippen LogP contribution in [0, 0.1) is 0 Å². The molecule has 160 valence electrons. The van der Waals surface area contributed by atoms with Crippen molar-refractivity contribution in [3.8, 4) is 0 Å². The van der Waals surface area contributed by atoms with Gasteiger partial charge in [-0.2, -0.15) is 0 Å². The van der Waals surface area contributed by atoms with E-state index in [-0.39, 0.29) is 18.0 Å². The number of hydrogen-bond acceptors (Lipinski definition) is 3. The highest BCUT2D eigenvalue weighted by atomic mass is 35.5.